The van der Waals surface area contributed by atoms with Crippen LogP contribution in [0.15, 0.2) is 48.5 Å². The first-order valence-corrected chi connectivity index (χ1v) is 6.51. The summed E-state index contributed by atoms with van der Waals surface area (Å²) in [4.78, 5) is 12.2. The molecule has 0 fully saturated rings. The molecule has 0 saturated heterocycles. The molecule has 0 radical (unpaired) electrons. The van der Waals surface area contributed by atoms with E-state index in [4.69, 9.17) is 11.6 Å². The molecule has 0 atom stereocenters. The number of tetrazole rings is 1. The van der Waals surface area contributed by atoms with Crippen molar-refractivity contribution in [2.24, 2.45) is 0 Å². The summed E-state index contributed by atoms with van der Waals surface area (Å²) in [6, 6.07) is 14.0. The molecule has 0 aliphatic carbocycles. The van der Waals surface area contributed by atoms with Crippen LogP contribution in [0.2, 0.25) is 5.02 Å². The van der Waals surface area contributed by atoms with Gasteiger partial charge in [-0.1, -0.05) is 29.8 Å². The lowest BCUT2D eigenvalue weighted by molar-refractivity contribution is 0.102. The van der Waals surface area contributed by atoms with Gasteiger partial charge in [-0.05, 0) is 35.5 Å². The van der Waals surface area contributed by atoms with Gasteiger partial charge < -0.3 is 5.32 Å². The molecule has 1 aromatic heterocycles. The standard InChI is InChI=1S/C14H10ClN5O/c15-10-6-7-11(13-17-19-20-18-13)12(8-10)16-14(21)9-4-2-1-3-5-9/h1-8H,(H,16,21)(H,17,18,19,20). The van der Waals surface area contributed by atoms with Crippen LogP contribution in [0.25, 0.3) is 11.4 Å². The molecule has 3 aromatic rings. The number of aromatic amines is 1. The van der Waals surface area contributed by atoms with Gasteiger partial charge >= 0.3 is 0 Å². The molecule has 1 amide bonds. The monoisotopic (exact) mass is 299 g/mol. The van der Waals surface area contributed by atoms with Crippen molar-refractivity contribution >= 4 is 23.2 Å². The maximum absolute atomic E-state index is 12.2. The molecule has 0 aliphatic rings. The molecule has 7 heteroatoms. The highest BCUT2D eigenvalue weighted by atomic mass is 35.5. The fourth-order valence-corrected chi connectivity index (χ4v) is 2.05. The Kier molecular flexibility index (Phi) is 3.61. The molecule has 0 saturated carbocycles. The molecule has 0 unspecified atom stereocenters. The molecule has 0 spiro atoms. The molecular weight excluding hydrogens is 290 g/mol. The fraction of sp³-hybridized carbons (Fsp3) is 0. The minimum atomic E-state index is -0.234. The van der Waals surface area contributed by atoms with Gasteiger partial charge in [-0.3, -0.25) is 4.79 Å². The molecule has 104 valence electrons. The Labute approximate surface area is 125 Å². The molecule has 21 heavy (non-hydrogen) atoms. The van der Waals surface area contributed by atoms with Crippen LogP contribution in [0, 0.1) is 0 Å². The van der Waals surface area contributed by atoms with Crippen LogP contribution in [-0.4, -0.2) is 26.5 Å². The van der Waals surface area contributed by atoms with Gasteiger partial charge in [0.1, 0.15) is 0 Å². The van der Waals surface area contributed by atoms with Crippen molar-refractivity contribution in [2.75, 3.05) is 5.32 Å². The van der Waals surface area contributed by atoms with Crippen molar-refractivity contribution in [3.05, 3.63) is 59.1 Å². The van der Waals surface area contributed by atoms with E-state index in [0.29, 0.717) is 27.7 Å². The summed E-state index contributed by atoms with van der Waals surface area (Å²) in [6.07, 6.45) is 0. The van der Waals surface area contributed by atoms with Crippen molar-refractivity contribution in [2.45, 2.75) is 0 Å². The largest absolute Gasteiger partial charge is 0.321 e. The topological polar surface area (TPSA) is 83.6 Å². The molecule has 1 heterocycles. The van der Waals surface area contributed by atoms with E-state index in [1.54, 1.807) is 42.5 Å². The maximum atomic E-state index is 12.2. The van der Waals surface area contributed by atoms with Crippen molar-refractivity contribution in [1.82, 2.24) is 20.6 Å². The second kappa shape index (κ2) is 5.72. The SMILES string of the molecule is O=C(Nc1cc(Cl)ccc1-c1nn[nH]n1)c1ccccc1. The summed E-state index contributed by atoms with van der Waals surface area (Å²) in [5.41, 5.74) is 1.71. The summed E-state index contributed by atoms with van der Waals surface area (Å²) in [5.74, 6) is 0.151. The third-order valence-corrected chi connectivity index (χ3v) is 3.09. The van der Waals surface area contributed by atoms with E-state index in [1.807, 2.05) is 6.07 Å². The minimum absolute atomic E-state index is 0.234. The number of carbonyl (C=O) groups is 1. The predicted octanol–water partition coefficient (Wildman–Crippen LogP) is 2.77. The van der Waals surface area contributed by atoms with E-state index < -0.39 is 0 Å². The van der Waals surface area contributed by atoms with Crippen LogP contribution in [-0.2, 0) is 0 Å². The molecule has 2 N–H and O–H groups in total. The van der Waals surface area contributed by atoms with Crippen molar-refractivity contribution < 1.29 is 4.79 Å². The highest BCUT2D eigenvalue weighted by Crippen LogP contribution is 2.28. The first-order valence-electron chi connectivity index (χ1n) is 6.14. The van der Waals surface area contributed by atoms with Crippen LogP contribution in [0.1, 0.15) is 10.4 Å². The third kappa shape index (κ3) is 2.90. The number of nitrogens with zero attached hydrogens (tertiary/aromatic N) is 3. The zero-order valence-electron chi connectivity index (χ0n) is 10.7. The normalized spacial score (nSPS) is 10.3. The number of nitrogens with one attached hydrogen (secondary N) is 2. The van der Waals surface area contributed by atoms with Gasteiger partial charge in [0.25, 0.3) is 5.91 Å². The van der Waals surface area contributed by atoms with Crippen LogP contribution in [0.4, 0.5) is 5.69 Å². The van der Waals surface area contributed by atoms with Gasteiger partial charge in [0, 0.05) is 16.1 Å². The van der Waals surface area contributed by atoms with Gasteiger partial charge in [-0.2, -0.15) is 5.21 Å². The van der Waals surface area contributed by atoms with E-state index in [9.17, 15) is 4.79 Å². The van der Waals surface area contributed by atoms with Crippen LogP contribution in [0.5, 0.6) is 0 Å². The number of anilines is 1. The second-order valence-electron chi connectivity index (χ2n) is 4.25. The Bertz CT molecular complexity index is 758. The number of aromatic nitrogens is 4. The highest BCUT2D eigenvalue weighted by Gasteiger charge is 2.13. The lowest BCUT2D eigenvalue weighted by atomic mass is 10.1. The van der Waals surface area contributed by atoms with Crippen molar-refractivity contribution in [3.63, 3.8) is 0 Å². The lowest BCUT2D eigenvalue weighted by Gasteiger charge is -2.09. The van der Waals surface area contributed by atoms with Gasteiger partial charge in [-0.15, -0.1) is 10.2 Å². The predicted molar refractivity (Wildman–Crippen MR) is 79.0 cm³/mol. The minimum Gasteiger partial charge on any atom is -0.321 e. The van der Waals surface area contributed by atoms with Gasteiger partial charge in [0.05, 0.1) is 5.69 Å². The quantitative estimate of drug-likeness (QED) is 0.779. The van der Waals surface area contributed by atoms with Crippen molar-refractivity contribution in [3.8, 4) is 11.4 Å². The molecular formula is C14H10ClN5O. The van der Waals surface area contributed by atoms with E-state index in [0.717, 1.165) is 0 Å². The number of hydrogen-bond acceptors (Lipinski definition) is 4. The van der Waals surface area contributed by atoms with Crippen LogP contribution in [0.3, 0.4) is 0 Å². The molecule has 6 nitrogen and oxygen atoms in total. The Hall–Kier alpha value is -2.73. The Morgan fingerprint density at radius 2 is 1.95 bits per heavy atom. The first-order chi connectivity index (χ1) is 10.2. The number of hydrogen-bond donors (Lipinski definition) is 2. The third-order valence-electron chi connectivity index (χ3n) is 2.85. The van der Waals surface area contributed by atoms with Gasteiger partial charge in [0.2, 0.25) is 5.82 Å². The zero-order valence-corrected chi connectivity index (χ0v) is 11.5. The van der Waals surface area contributed by atoms with E-state index >= 15 is 0 Å². The number of H-pyrrole nitrogens is 1. The van der Waals surface area contributed by atoms with Crippen LogP contribution >= 0.6 is 11.6 Å². The Morgan fingerprint density at radius 3 is 2.67 bits per heavy atom. The number of amides is 1. The van der Waals surface area contributed by atoms with E-state index in [1.165, 1.54) is 0 Å². The summed E-state index contributed by atoms with van der Waals surface area (Å²) >= 11 is 5.99. The number of carbonyl (C=O) groups excluding carboxylic acids is 1. The van der Waals surface area contributed by atoms with Crippen LogP contribution < -0.4 is 5.32 Å². The summed E-state index contributed by atoms with van der Waals surface area (Å²) in [6.45, 7) is 0. The first kappa shape index (κ1) is 13.3. The van der Waals surface area contributed by atoms with Gasteiger partial charge in [0.15, 0.2) is 0 Å². The number of rotatable bonds is 3. The molecule has 2 aromatic carbocycles. The molecule has 0 bridgehead atoms. The summed E-state index contributed by atoms with van der Waals surface area (Å²) in [5, 5.41) is 17.0. The molecule has 0 aliphatic heterocycles. The average Bonchev–Trinajstić information content (AvgIpc) is 3.02. The smallest absolute Gasteiger partial charge is 0.255 e. The number of benzene rings is 2. The molecule has 3 rings (SSSR count). The lowest BCUT2D eigenvalue weighted by Crippen LogP contribution is -2.12. The zero-order chi connectivity index (χ0) is 14.7. The van der Waals surface area contributed by atoms with Crippen molar-refractivity contribution in [1.29, 1.82) is 0 Å². The Balaban J connectivity index is 1.95. The fourth-order valence-electron chi connectivity index (χ4n) is 1.87. The second-order valence-corrected chi connectivity index (χ2v) is 4.68. The van der Waals surface area contributed by atoms with Gasteiger partial charge in [-0.25, -0.2) is 0 Å². The van der Waals surface area contributed by atoms with E-state index in [2.05, 4.69) is 25.9 Å². The average molecular weight is 300 g/mol. The number of halogens is 1. The summed E-state index contributed by atoms with van der Waals surface area (Å²) < 4.78 is 0. The Morgan fingerprint density at radius 1 is 1.14 bits per heavy atom. The maximum Gasteiger partial charge on any atom is 0.255 e. The highest BCUT2D eigenvalue weighted by molar-refractivity contribution is 6.31. The summed E-state index contributed by atoms with van der Waals surface area (Å²) in [7, 11) is 0. The van der Waals surface area contributed by atoms with E-state index in [-0.39, 0.29) is 5.91 Å².